The molecule has 1 amide bonds. The van der Waals surface area contributed by atoms with Crippen LogP contribution in [0.4, 0.5) is 10.1 Å². The monoisotopic (exact) mass is 529 g/mol. The molecule has 2 N–H and O–H groups in total. The van der Waals surface area contributed by atoms with Crippen LogP contribution in [0.5, 0.6) is 0 Å². The molecule has 9 nitrogen and oxygen atoms in total. The van der Waals surface area contributed by atoms with E-state index < -0.39 is 17.5 Å². The molecule has 4 rings (SSSR count). The van der Waals surface area contributed by atoms with Crippen LogP contribution in [0, 0.1) is 9.39 Å². The van der Waals surface area contributed by atoms with Gasteiger partial charge in [-0.15, -0.1) is 0 Å². The summed E-state index contributed by atoms with van der Waals surface area (Å²) >= 11 is 2.04. The van der Waals surface area contributed by atoms with Gasteiger partial charge in [-0.1, -0.05) is 0 Å². The fourth-order valence-electron chi connectivity index (χ4n) is 3.12. The maximum Gasteiger partial charge on any atom is 0.294 e. The summed E-state index contributed by atoms with van der Waals surface area (Å²) in [7, 11) is 0. The molecule has 1 fully saturated rings. The van der Waals surface area contributed by atoms with Gasteiger partial charge in [0.2, 0.25) is 0 Å². The van der Waals surface area contributed by atoms with Gasteiger partial charge >= 0.3 is 0 Å². The number of nitrogens with one attached hydrogen (secondary N) is 2. The first-order valence-electron chi connectivity index (χ1n) is 9.26. The first kappa shape index (κ1) is 21.0. The van der Waals surface area contributed by atoms with Crippen LogP contribution in [-0.2, 0) is 25.7 Å². The number of carbonyl (C=O) groups is 1. The first-order valence-corrected chi connectivity index (χ1v) is 10.3. The van der Waals surface area contributed by atoms with Crippen LogP contribution < -0.4 is 10.9 Å². The lowest BCUT2D eigenvalue weighted by molar-refractivity contribution is -0.152. The Kier molecular flexibility index (Phi) is 5.95. The number of rotatable bonds is 6. The Morgan fingerprint density at radius 3 is 3.03 bits per heavy atom. The third kappa shape index (κ3) is 4.74. The van der Waals surface area contributed by atoms with Crippen LogP contribution in [0.1, 0.15) is 19.5 Å². The Morgan fingerprint density at radius 2 is 2.30 bits per heavy atom. The highest BCUT2D eigenvalue weighted by Gasteiger charge is 2.33. The van der Waals surface area contributed by atoms with Gasteiger partial charge < -0.3 is 14.0 Å². The molecule has 11 heteroatoms. The molecule has 1 aromatic heterocycles. The number of aromatic nitrogens is 2. The largest absolute Gasteiger partial charge is 0.348 e. The quantitative estimate of drug-likeness (QED) is 0.439. The van der Waals surface area contributed by atoms with Gasteiger partial charge in [-0.25, -0.2) is 14.9 Å². The van der Waals surface area contributed by atoms with Crippen LogP contribution in [0.15, 0.2) is 36.4 Å². The van der Waals surface area contributed by atoms with Gasteiger partial charge in [0.1, 0.15) is 24.2 Å². The van der Waals surface area contributed by atoms with Crippen molar-refractivity contribution in [2.75, 3.05) is 18.6 Å². The van der Waals surface area contributed by atoms with Crippen molar-refractivity contribution in [1.29, 1.82) is 0 Å². The molecule has 1 unspecified atom stereocenters. The lowest BCUT2D eigenvalue weighted by Crippen LogP contribution is -2.41. The van der Waals surface area contributed by atoms with E-state index in [2.05, 4.69) is 15.9 Å². The van der Waals surface area contributed by atoms with Gasteiger partial charge in [-0.2, -0.15) is 0 Å². The molecule has 2 aliphatic heterocycles. The van der Waals surface area contributed by atoms with Crippen LogP contribution in [0.2, 0.25) is 0 Å². The summed E-state index contributed by atoms with van der Waals surface area (Å²) in [5.74, 6) is -1.58. The molecule has 0 radical (unpaired) electrons. The van der Waals surface area contributed by atoms with Crippen molar-refractivity contribution in [3.8, 4) is 0 Å². The molecule has 3 heterocycles. The Morgan fingerprint density at radius 1 is 1.47 bits per heavy atom. The highest BCUT2D eigenvalue weighted by molar-refractivity contribution is 14.1. The number of halogens is 2. The SMILES string of the molecule is CC1(C)OCC(CONC(=O)C2=Cn3cncc3CN2Nc2ccc(I)cc2F)O1. The van der Waals surface area contributed by atoms with Crippen molar-refractivity contribution >= 4 is 40.4 Å². The average molecular weight is 529 g/mol. The summed E-state index contributed by atoms with van der Waals surface area (Å²) in [4.78, 5) is 22.2. The lowest BCUT2D eigenvalue weighted by Gasteiger charge is -2.31. The molecule has 2 aliphatic rings. The predicted octanol–water partition coefficient (Wildman–Crippen LogP) is 2.47. The first-order chi connectivity index (χ1) is 14.3. The van der Waals surface area contributed by atoms with E-state index >= 15 is 0 Å². The van der Waals surface area contributed by atoms with Crippen molar-refractivity contribution in [3.63, 3.8) is 0 Å². The molecule has 2 aromatic rings. The Hall–Kier alpha value is -2.22. The van der Waals surface area contributed by atoms with Gasteiger partial charge in [-0.3, -0.25) is 20.1 Å². The number of hydrogen-bond acceptors (Lipinski definition) is 7. The number of benzene rings is 1. The minimum Gasteiger partial charge on any atom is -0.348 e. The van der Waals surface area contributed by atoms with Crippen LogP contribution in [0.3, 0.4) is 0 Å². The zero-order valence-corrected chi connectivity index (χ0v) is 18.6. The predicted molar refractivity (Wildman–Crippen MR) is 114 cm³/mol. The third-order valence-corrected chi connectivity index (χ3v) is 5.21. The summed E-state index contributed by atoms with van der Waals surface area (Å²) in [6, 6.07) is 4.81. The highest BCUT2D eigenvalue weighted by atomic mass is 127. The molecular formula is C19H21FIN5O4. The number of nitrogens with zero attached hydrogens (tertiary/aromatic N) is 3. The van der Waals surface area contributed by atoms with Gasteiger partial charge in [0, 0.05) is 9.77 Å². The van der Waals surface area contributed by atoms with E-state index in [9.17, 15) is 9.18 Å². The number of amides is 1. The number of carbonyl (C=O) groups excluding carboxylic acids is 1. The smallest absolute Gasteiger partial charge is 0.294 e. The minimum absolute atomic E-state index is 0.137. The molecule has 0 bridgehead atoms. The minimum atomic E-state index is -0.667. The van der Waals surface area contributed by atoms with E-state index in [0.29, 0.717) is 13.2 Å². The van der Waals surface area contributed by atoms with Gasteiger partial charge in [0.05, 0.1) is 37.1 Å². The van der Waals surface area contributed by atoms with Crippen molar-refractivity contribution in [1.82, 2.24) is 20.0 Å². The maximum atomic E-state index is 14.3. The van der Waals surface area contributed by atoms with E-state index in [1.165, 1.54) is 6.07 Å². The van der Waals surface area contributed by atoms with Crippen LogP contribution in [-0.4, -0.2) is 45.6 Å². The Bertz CT molecular complexity index is 980. The van der Waals surface area contributed by atoms with Gasteiger partial charge in [-0.05, 0) is 54.6 Å². The molecule has 1 saturated heterocycles. The van der Waals surface area contributed by atoms with Crippen molar-refractivity contribution in [2.45, 2.75) is 32.3 Å². The molecular weight excluding hydrogens is 508 g/mol. The molecule has 30 heavy (non-hydrogen) atoms. The maximum absolute atomic E-state index is 14.3. The number of ether oxygens (including phenoxy) is 2. The molecule has 0 spiro atoms. The summed E-state index contributed by atoms with van der Waals surface area (Å²) < 4.78 is 27.9. The van der Waals surface area contributed by atoms with Gasteiger partial charge in [0.25, 0.3) is 5.91 Å². The van der Waals surface area contributed by atoms with E-state index in [1.807, 2.05) is 36.4 Å². The summed E-state index contributed by atoms with van der Waals surface area (Å²) in [5, 5.41) is 1.54. The number of hydrogen-bond donors (Lipinski definition) is 2. The average Bonchev–Trinajstić information content (AvgIpc) is 3.28. The summed E-state index contributed by atoms with van der Waals surface area (Å²) in [5.41, 5.74) is 6.71. The van der Waals surface area contributed by atoms with Crippen molar-refractivity contribution in [3.05, 3.63) is 51.5 Å². The highest BCUT2D eigenvalue weighted by Crippen LogP contribution is 2.24. The zero-order valence-electron chi connectivity index (χ0n) is 16.4. The second-order valence-electron chi connectivity index (χ2n) is 7.32. The fraction of sp³-hybridized carbons (Fsp3) is 0.368. The van der Waals surface area contributed by atoms with E-state index in [4.69, 9.17) is 14.3 Å². The van der Waals surface area contributed by atoms with Crippen molar-refractivity contribution < 1.29 is 23.5 Å². The Labute approximate surface area is 186 Å². The standard InChI is InChI=1S/C19H21FIN5O4/c1-19(2)28-9-14(30-19)10-29-24-18(27)17-8-25-11-22-6-13(25)7-26(17)23-16-4-3-12(21)5-15(16)20/h3-6,8,11,14,23H,7,9-10H2,1-2H3,(H,24,27). The molecule has 1 aromatic carbocycles. The van der Waals surface area contributed by atoms with Crippen LogP contribution >= 0.6 is 22.6 Å². The third-order valence-electron chi connectivity index (χ3n) is 4.54. The molecule has 160 valence electrons. The van der Waals surface area contributed by atoms with E-state index in [-0.39, 0.29) is 24.1 Å². The second kappa shape index (κ2) is 8.49. The van der Waals surface area contributed by atoms with E-state index in [0.717, 1.165) is 9.26 Å². The van der Waals surface area contributed by atoms with Crippen LogP contribution in [0.25, 0.3) is 6.20 Å². The molecule has 1 atom stereocenters. The molecule has 0 saturated carbocycles. The number of hydrazine groups is 1. The number of fused-ring (bicyclic) bond motifs is 1. The number of anilines is 1. The lowest BCUT2D eigenvalue weighted by atomic mass is 10.3. The normalized spacial score (nSPS) is 19.9. The van der Waals surface area contributed by atoms with Gasteiger partial charge in [0.15, 0.2) is 5.79 Å². The van der Waals surface area contributed by atoms with Crippen molar-refractivity contribution in [2.24, 2.45) is 0 Å². The number of imidazole rings is 1. The number of hydroxylamine groups is 1. The fourth-order valence-corrected chi connectivity index (χ4v) is 3.58. The Balaban J connectivity index is 1.44. The second-order valence-corrected chi connectivity index (χ2v) is 8.57. The topological polar surface area (TPSA) is 89.9 Å². The summed E-state index contributed by atoms with van der Waals surface area (Å²) in [6.07, 6.45) is 4.59. The van der Waals surface area contributed by atoms with E-state index in [1.54, 1.807) is 40.4 Å². The molecule has 0 aliphatic carbocycles. The summed E-state index contributed by atoms with van der Waals surface area (Å²) in [6.45, 7) is 4.45. The zero-order chi connectivity index (χ0) is 21.3.